The topological polar surface area (TPSA) is 57.3 Å². The van der Waals surface area contributed by atoms with E-state index in [9.17, 15) is 4.79 Å². The van der Waals surface area contributed by atoms with Crippen molar-refractivity contribution in [3.63, 3.8) is 0 Å². The highest BCUT2D eigenvalue weighted by atomic mass is 35.5. The average molecular weight is 341 g/mol. The molecule has 0 aliphatic rings. The third-order valence-corrected chi connectivity index (χ3v) is 3.28. The fourth-order valence-corrected chi connectivity index (χ4v) is 2.10. The molecular weight excluding hydrogens is 327 g/mol. The van der Waals surface area contributed by atoms with Crippen LogP contribution < -0.4 is 10.5 Å². The number of nitrogens with zero attached hydrogens (tertiary/aromatic N) is 2. The first-order valence-electron chi connectivity index (χ1n) is 6.42. The van der Waals surface area contributed by atoms with E-state index in [4.69, 9.17) is 32.4 Å². The van der Waals surface area contributed by atoms with Gasteiger partial charge in [0, 0.05) is 18.4 Å². The Morgan fingerprint density at radius 2 is 1.95 bits per heavy atom. The van der Waals surface area contributed by atoms with Crippen molar-refractivity contribution in [1.82, 2.24) is 9.78 Å². The molecule has 0 amide bonds. The molecule has 0 spiro atoms. The van der Waals surface area contributed by atoms with E-state index in [1.807, 2.05) is 20.8 Å². The van der Waals surface area contributed by atoms with Crippen LogP contribution in [0.4, 0.5) is 0 Å². The SMILES string of the molecule is CC#COc1cc(-n2nc(C(C)(C)C)oc2=O)c(Cl)cc1Cl. The number of aromatic nitrogens is 2. The fourth-order valence-electron chi connectivity index (χ4n) is 1.60. The lowest BCUT2D eigenvalue weighted by Gasteiger charge is -2.11. The normalized spacial score (nSPS) is 11.0. The molecule has 0 N–H and O–H groups in total. The maximum Gasteiger partial charge on any atom is 0.442 e. The third-order valence-electron chi connectivity index (χ3n) is 2.68. The highest BCUT2D eigenvalue weighted by Gasteiger charge is 2.24. The van der Waals surface area contributed by atoms with Gasteiger partial charge in [0.2, 0.25) is 5.89 Å². The van der Waals surface area contributed by atoms with Crippen molar-refractivity contribution in [2.45, 2.75) is 33.1 Å². The number of halogens is 2. The zero-order chi connectivity index (χ0) is 16.5. The molecule has 22 heavy (non-hydrogen) atoms. The summed E-state index contributed by atoms with van der Waals surface area (Å²) in [5.41, 5.74) is -0.0979. The van der Waals surface area contributed by atoms with Crippen LogP contribution in [0.15, 0.2) is 21.3 Å². The Morgan fingerprint density at radius 1 is 1.27 bits per heavy atom. The summed E-state index contributed by atoms with van der Waals surface area (Å²) in [7, 11) is 0. The van der Waals surface area contributed by atoms with Gasteiger partial charge in [-0.15, -0.1) is 5.10 Å². The van der Waals surface area contributed by atoms with Crippen molar-refractivity contribution in [3.05, 3.63) is 38.6 Å². The van der Waals surface area contributed by atoms with Crippen LogP contribution in [0.5, 0.6) is 5.75 Å². The maximum absolute atomic E-state index is 12.0. The summed E-state index contributed by atoms with van der Waals surface area (Å²) < 4.78 is 11.4. The molecule has 1 aromatic carbocycles. The Hall–Kier alpha value is -1.90. The van der Waals surface area contributed by atoms with E-state index in [0.717, 1.165) is 4.68 Å². The minimum atomic E-state index is -0.637. The van der Waals surface area contributed by atoms with Gasteiger partial charge < -0.3 is 9.15 Å². The maximum atomic E-state index is 12.0. The molecule has 0 fully saturated rings. The molecule has 0 atom stereocenters. The Labute approximate surface area is 137 Å². The Kier molecular flexibility index (Phi) is 4.55. The molecule has 0 saturated heterocycles. The van der Waals surface area contributed by atoms with Crippen LogP contribution in [0.25, 0.3) is 5.69 Å². The van der Waals surface area contributed by atoms with Crippen LogP contribution in [0, 0.1) is 12.0 Å². The summed E-state index contributed by atoms with van der Waals surface area (Å²) in [6, 6.07) is 2.95. The first kappa shape index (κ1) is 16.5. The standard InChI is InChI=1S/C15H14Cl2N2O3/c1-5-6-21-12-8-11(9(16)7-10(12)17)19-14(20)22-13(18-19)15(2,3)4/h7-8H,1-4H3. The van der Waals surface area contributed by atoms with E-state index in [-0.39, 0.29) is 15.8 Å². The zero-order valence-electron chi connectivity index (χ0n) is 12.5. The minimum Gasteiger partial charge on any atom is -0.406 e. The van der Waals surface area contributed by atoms with E-state index >= 15 is 0 Å². The molecule has 1 aromatic heterocycles. The Morgan fingerprint density at radius 3 is 2.50 bits per heavy atom. The predicted molar refractivity (Wildman–Crippen MR) is 84.9 cm³/mol. The number of benzene rings is 1. The molecule has 0 aliphatic carbocycles. The first-order chi connectivity index (χ1) is 10.2. The molecule has 116 valence electrons. The van der Waals surface area contributed by atoms with Crippen LogP contribution in [-0.4, -0.2) is 9.78 Å². The van der Waals surface area contributed by atoms with Gasteiger partial charge >= 0.3 is 5.76 Å². The second-order valence-corrected chi connectivity index (χ2v) is 6.34. The summed E-state index contributed by atoms with van der Waals surface area (Å²) in [5, 5.41) is 4.71. The largest absolute Gasteiger partial charge is 0.442 e. The molecule has 0 radical (unpaired) electrons. The molecule has 0 saturated carbocycles. The Bertz CT molecular complexity index is 820. The molecule has 7 heteroatoms. The van der Waals surface area contributed by atoms with Crippen molar-refractivity contribution in [2.75, 3.05) is 0 Å². The number of hydrogen-bond donors (Lipinski definition) is 0. The van der Waals surface area contributed by atoms with Crippen molar-refractivity contribution in [3.8, 4) is 23.5 Å². The van der Waals surface area contributed by atoms with E-state index < -0.39 is 11.2 Å². The third kappa shape index (κ3) is 3.29. The zero-order valence-corrected chi connectivity index (χ0v) is 14.0. The van der Waals surface area contributed by atoms with Gasteiger partial charge in [-0.05, 0) is 6.07 Å². The second-order valence-electron chi connectivity index (χ2n) is 5.52. The van der Waals surface area contributed by atoms with Gasteiger partial charge in [-0.25, -0.2) is 4.79 Å². The lowest BCUT2D eigenvalue weighted by Crippen LogP contribution is -2.15. The van der Waals surface area contributed by atoms with E-state index in [1.165, 1.54) is 12.1 Å². The molecule has 1 heterocycles. The number of hydrogen-bond acceptors (Lipinski definition) is 4. The quantitative estimate of drug-likeness (QED) is 0.780. The van der Waals surface area contributed by atoms with Crippen LogP contribution in [0.1, 0.15) is 33.6 Å². The van der Waals surface area contributed by atoms with Crippen LogP contribution in [0.3, 0.4) is 0 Å². The summed E-state index contributed by atoms with van der Waals surface area (Å²) in [4.78, 5) is 12.0. The summed E-state index contributed by atoms with van der Waals surface area (Å²) >= 11 is 12.2. The highest BCUT2D eigenvalue weighted by Crippen LogP contribution is 2.32. The number of rotatable bonds is 2. The van der Waals surface area contributed by atoms with Gasteiger partial charge in [0.05, 0.1) is 15.7 Å². The van der Waals surface area contributed by atoms with Crippen LogP contribution >= 0.6 is 23.2 Å². The monoisotopic (exact) mass is 340 g/mol. The molecule has 0 bridgehead atoms. The molecule has 5 nitrogen and oxygen atoms in total. The van der Waals surface area contributed by atoms with Gasteiger partial charge in [0.1, 0.15) is 6.11 Å². The minimum absolute atomic E-state index is 0.248. The highest BCUT2D eigenvalue weighted by molar-refractivity contribution is 6.36. The smallest absolute Gasteiger partial charge is 0.406 e. The summed E-state index contributed by atoms with van der Waals surface area (Å²) in [6.07, 6.45) is 2.44. The van der Waals surface area contributed by atoms with Crippen molar-refractivity contribution >= 4 is 23.2 Å². The van der Waals surface area contributed by atoms with Crippen molar-refractivity contribution in [2.24, 2.45) is 0 Å². The molecule has 2 rings (SSSR count). The van der Waals surface area contributed by atoms with Gasteiger partial charge in [-0.2, -0.15) is 4.68 Å². The van der Waals surface area contributed by atoms with Gasteiger partial charge in [-0.3, -0.25) is 0 Å². The van der Waals surface area contributed by atoms with Crippen molar-refractivity contribution in [1.29, 1.82) is 0 Å². The predicted octanol–water partition coefficient (Wildman–Crippen LogP) is 3.79. The fraction of sp³-hybridized carbons (Fsp3) is 0.333. The van der Waals surface area contributed by atoms with Gasteiger partial charge in [0.15, 0.2) is 5.75 Å². The van der Waals surface area contributed by atoms with Crippen molar-refractivity contribution < 1.29 is 9.15 Å². The molecule has 0 aliphatic heterocycles. The summed E-state index contributed by atoms with van der Waals surface area (Å²) in [5.74, 6) is 2.53. The molecule has 0 unspecified atom stereocenters. The van der Waals surface area contributed by atoms with Gasteiger partial charge in [0.25, 0.3) is 0 Å². The second kappa shape index (κ2) is 6.07. The molecular formula is C15H14Cl2N2O3. The number of ether oxygens (including phenoxy) is 1. The van der Waals surface area contributed by atoms with E-state index in [1.54, 1.807) is 6.92 Å². The van der Waals surface area contributed by atoms with E-state index in [0.29, 0.717) is 11.6 Å². The lowest BCUT2D eigenvalue weighted by molar-refractivity contribution is 0.375. The first-order valence-corrected chi connectivity index (χ1v) is 7.18. The summed E-state index contributed by atoms with van der Waals surface area (Å²) in [6.45, 7) is 7.29. The van der Waals surface area contributed by atoms with Gasteiger partial charge in [-0.1, -0.05) is 49.9 Å². The molecule has 2 aromatic rings. The van der Waals surface area contributed by atoms with E-state index in [2.05, 4.69) is 17.1 Å². The average Bonchev–Trinajstić information content (AvgIpc) is 2.80. The van der Waals surface area contributed by atoms with Crippen LogP contribution in [-0.2, 0) is 5.41 Å². The Balaban J connectivity index is 2.59. The lowest BCUT2D eigenvalue weighted by atomic mass is 9.97. The van der Waals surface area contributed by atoms with Crippen LogP contribution in [0.2, 0.25) is 10.0 Å².